The van der Waals surface area contributed by atoms with Crippen LogP contribution in [0.25, 0.3) is 0 Å². The molecule has 3 rings (SSSR count). The van der Waals surface area contributed by atoms with Gasteiger partial charge in [0.1, 0.15) is 5.84 Å². The zero-order valence-electron chi connectivity index (χ0n) is 17.0. The van der Waals surface area contributed by atoms with Crippen molar-refractivity contribution in [3.8, 4) is 0 Å². The van der Waals surface area contributed by atoms with E-state index in [1.54, 1.807) is 23.3 Å². The monoisotopic (exact) mass is 416 g/mol. The molecule has 0 fully saturated rings. The highest BCUT2D eigenvalue weighted by atomic mass is 32.2. The van der Waals surface area contributed by atoms with Crippen LogP contribution in [0.1, 0.15) is 12.0 Å². The topological polar surface area (TPSA) is 73.3 Å². The normalized spacial score (nSPS) is 17.6. The highest BCUT2D eigenvalue weighted by molar-refractivity contribution is 7.90. The van der Waals surface area contributed by atoms with Crippen LogP contribution >= 0.6 is 0 Å². The van der Waals surface area contributed by atoms with E-state index in [0.717, 1.165) is 19.4 Å². The average Bonchev–Trinajstić information content (AvgIpc) is 2.69. The van der Waals surface area contributed by atoms with Crippen LogP contribution < -0.4 is 0 Å². The molecule has 0 saturated carbocycles. The third kappa shape index (κ3) is 6.01. The fourth-order valence-corrected chi connectivity index (χ4v) is 4.23. The molecule has 8 heteroatoms. The zero-order chi connectivity index (χ0) is 20.9. The van der Waals surface area contributed by atoms with Gasteiger partial charge in [-0.25, -0.2) is 8.42 Å². The second-order valence-electron chi connectivity index (χ2n) is 7.53. The molecule has 0 unspecified atom stereocenters. The summed E-state index contributed by atoms with van der Waals surface area (Å²) in [6.07, 6.45) is 6.79. The molecule has 1 aromatic rings. The Hall–Kier alpha value is -2.45. The van der Waals surface area contributed by atoms with Gasteiger partial charge in [-0.2, -0.15) is 0 Å². The first-order valence-corrected chi connectivity index (χ1v) is 11.4. The van der Waals surface area contributed by atoms with E-state index in [-0.39, 0.29) is 11.7 Å². The first-order valence-electron chi connectivity index (χ1n) is 9.81. The number of aryl methyl sites for hydroxylation is 1. The molecule has 1 amide bonds. The van der Waals surface area contributed by atoms with E-state index in [1.165, 1.54) is 5.56 Å². The number of hydrogen-bond acceptors (Lipinski definition) is 5. The van der Waals surface area contributed by atoms with E-state index in [2.05, 4.69) is 21.4 Å². The molecule has 0 bridgehead atoms. The molecular weight excluding hydrogens is 388 g/mol. The van der Waals surface area contributed by atoms with E-state index in [4.69, 9.17) is 0 Å². The van der Waals surface area contributed by atoms with Crippen molar-refractivity contribution in [2.45, 2.75) is 12.8 Å². The number of carbonyl (C=O) groups is 1. The fourth-order valence-electron chi connectivity index (χ4n) is 3.26. The summed E-state index contributed by atoms with van der Waals surface area (Å²) in [6.45, 7) is 2.40. The number of likely N-dealkylation sites (N-methyl/N-ethyl adjacent to an activating group) is 1. The van der Waals surface area contributed by atoms with Crippen LogP contribution in [0.15, 0.2) is 58.7 Å². The predicted molar refractivity (Wildman–Crippen MR) is 115 cm³/mol. The lowest BCUT2D eigenvalue weighted by Gasteiger charge is -2.29. The molecule has 2 aliphatic heterocycles. The molecule has 0 radical (unpaired) electrons. The summed E-state index contributed by atoms with van der Waals surface area (Å²) < 4.78 is 27.1. The van der Waals surface area contributed by atoms with Gasteiger partial charge in [-0.15, -0.1) is 4.40 Å². The number of rotatable bonds is 8. The van der Waals surface area contributed by atoms with E-state index >= 15 is 0 Å². The molecule has 156 valence electrons. The number of hydrogen-bond donors (Lipinski definition) is 0. The summed E-state index contributed by atoms with van der Waals surface area (Å²) >= 11 is 0. The van der Waals surface area contributed by atoms with Gasteiger partial charge in [-0.3, -0.25) is 4.79 Å². The van der Waals surface area contributed by atoms with Crippen molar-refractivity contribution < 1.29 is 13.2 Å². The van der Waals surface area contributed by atoms with Crippen molar-refractivity contribution in [1.82, 2.24) is 14.7 Å². The lowest BCUT2D eigenvalue weighted by atomic mass is 10.1. The molecule has 2 aliphatic rings. The van der Waals surface area contributed by atoms with E-state index in [9.17, 15) is 13.2 Å². The van der Waals surface area contributed by atoms with Crippen LogP contribution in [-0.2, 0) is 21.2 Å². The van der Waals surface area contributed by atoms with Gasteiger partial charge in [0.2, 0.25) is 0 Å². The number of fused-ring (bicyclic) bond motifs is 1. The Balaban J connectivity index is 1.67. The highest BCUT2D eigenvalue weighted by Gasteiger charge is 2.26. The Morgan fingerprint density at radius 1 is 1.10 bits per heavy atom. The Morgan fingerprint density at radius 2 is 1.86 bits per heavy atom. The first-order chi connectivity index (χ1) is 13.8. The van der Waals surface area contributed by atoms with Gasteiger partial charge in [0.25, 0.3) is 15.9 Å². The van der Waals surface area contributed by atoms with Crippen LogP contribution in [0.5, 0.6) is 0 Å². The largest absolute Gasteiger partial charge is 0.337 e. The molecular formula is C21H28N4O3S. The van der Waals surface area contributed by atoms with E-state index in [1.807, 2.05) is 37.2 Å². The third-order valence-electron chi connectivity index (χ3n) is 4.91. The highest BCUT2D eigenvalue weighted by Crippen LogP contribution is 2.18. The maximum Gasteiger partial charge on any atom is 0.256 e. The first kappa shape index (κ1) is 21.3. The SMILES string of the molecule is CN(C)CCN(CCCc1ccccc1)C(=O)C1=CN2CCS(=O)(=O)N=C2C=C1. The van der Waals surface area contributed by atoms with Gasteiger partial charge in [0.15, 0.2) is 0 Å². The van der Waals surface area contributed by atoms with Crippen molar-refractivity contribution >= 4 is 21.8 Å². The van der Waals surface area contributed by atoms with Crippen molar-refractivity contribution in [3.05, 3.63) is 59.8 Å². The second-order valence-corrected chi connectivity index (χ2v) is 9.29. The van der Waals surface area contributed by atoms with Gasteiger partial charge in [-0.1, -0.05) is 30.3 Å². The van der Waals surface area contributed by atoms with Gasteiger partial charge < -0.3 is 14.7 Å². The number of amides is 1. The Labute approximate surface area is 173 Å². The fraction of sp³-hybridized carbons (Fsp3) is 0.429. The second kappa shape index (κ2) is 9.37. The summed E-state index contributed by atoms with van der Waals surface area (Å²) in [6, 6.07) is 10.3. The lowest BCUT2D eigenvalue weighted by molar-refractivity contribution is -0.127. The van der Waals surface area contributed by atoms with Crippen molar-refractivity contribution in [2.75, 3.05) is 46.0 Å². The summed E-state index contributed by atoms with van der Waals surface area (Å²) in [4.78, 5) is 18.8. The number of nitrogens with zero attached hydrogens (tertiary/aromatic N) is 4. The Kier molecular flexibility index (Phi) is 6.87. The van der Waals surface area contributed by atoms with Crippen molar-refractivity contribution in [2.24, 2.45) is 4.40 Å². The maximum absolute atomic E-state index is 13.2. The number of benzene rings is 1. The average molecular weight is 417 g/mol. The number of sulfonamides is 1. The summed E-state index contributed by atoms with van der Waals surface area (Å²) in [7, 11) is 0.580. The van der Waals surface area contributed by atoms with Crippen LogP contribution in [0.3, 0.4) is 0 Å². The van der Waals surface area contributed by atoms with Gasteiger partial charge >= 0.3 is 0 Å². The smallest absolute Gasteiger partial charge is 0.256 e. The van der Waals surface area contributed by atoms with Crippen LogP contribution in [0.2, 0.25) is 0 Å². The molecule has 0 aliphatic carbocycles. The number of carbonyl (C=O) groups excluding carboxylic acids is 1. The van der Waals surface area contributed by atoms with E-state index in [0.29, 0.717) is 31.0 Å². The standard InChI is InChI=1S/C21H28N4O3S/c1-23(2)13-14-24(12-6-9-18-7-4-3-5-8-18)21(26)19-10-11-20-22-29(27,28)16-15-25(20)17-19/h3-5,7-8,10-11,17H,6,9,12-16H2,1-2H3. The predicted octanol–water partition coefficient (Wildman–Crippen LogP) is 1.51. The number of amidine groups is 1. The molecule has 2 heterocycles. The molecule has 0 spiro atoms. The summed E-state index contributed by atoms with van der Waals surface area (Å²) in [5.41, 5.74) is 1.82. The van der Waals surface area contributed by atoms with Crippen LogP contribution in [0.4, 0.5) is 0 Å². The van der Waals surface area contributed by atoms with Gasteiger partial charge in [-0.05, 0) is 44.7 Å². The zero-order valence-corrected chi connectivity index (χ0v) is 17.8. The molecule has 0 N–H and O–H groups in total. The summed E-state index contributed by atoms with van der Waals surface area (Å²) in [5.74, 6) is 0.296. The third-order valence-corrected chi connectivity index (χ3v) is 6.08. The lowest BCUT2D eigenvalue weighted by Crippen LogP contribution is -2.41. The van der Waals surface area contributed by atoms with Gasteiger partial charge in [0, 0.05) is 32.4 Å². The molecule has 0 aromatic heterocycles. The molecule has 0 saturated heterocycles. The Bertz CT molecular complexity index is 921. The molecule has 7 nitrogen and oxygen atoms in total. The van der Waals surface area contributed by atoms with Crippen molar-refractivity contribution in [3.63, 3.8) is 0 Å². The van der Waals surface area contributed by atoms with Crippen LogP contribution in [0, 0.1) is 0 Å². The molecule has 1 aromatic carbocycles. The van der Waals surface area contributed by atoms with Crippen molar-refractivity contribution in [1.29, 1.82) is 0 Å². The summed E-state index contributed by atoms with van der Waals surface area (Å²) in [5, 5.41) is 0. The minimum absolute atomic E-state index is 0.0380. The molecule has 29 heavy (non-hydrogen) atoms. The minimum atomic E-state index is -3.40. The Morgan fingerprint density at radius 3 is 2.59 bits per heavy atom. The maximum atomic E-state index is 13.2. The van der Waals surface area contributed by atoms with Crippen LogP contribution in [-0.4, -0.2) is 80.9 Å². The quantitative estimate of drug-likeness (QED) is 0.642. The van der Waals surface area contributed by atoms with Gasteiger partial charge in [0.05, 0.1) is 11.3 Å². The molecule has 0 atom stereocenters. The van der Waals surface area contributed by atoms with E-state index < -0.39 is 10.0 Å². The minimum Gasteiger partial charge on any atom is -0.337 e.